The summed E-state index contributed by atoms with van der Waals surface area (Å²) in [5, 5.41) is 8.81. The zero-order chi connectivity index (χ0) is 11.5. The molecule has 0 atom stereocenters. The SMILES string of the molecule is CN(c1cccc(C#N)c1)C(C)(C)CN. The molecule has 1 aromatic carbocycles. The summed E-state index contributed by atoms with van der Waals surface area (Å²) in [6.07, 6.45) is 0. The lowest BCUT2D eigenvalue weighted by molar-refractivity contribution is 0.498. The molecule has 3 nitrogen and oxygen atoms in total. The van der Waals surface area contributed by atoms with Gasteiger partial charge < -0.3 is 10.6 Å². The first-order chi connectivity index (χ1) is 7.01. The summed E-state index contributed by atoms with van der Waals surface area (Å²) in [5.74, 6) is 0. The van der Waals surface area contributed by atoms with Crippen LogP contribution >= 0.6 is 0 Å². The zero-order valence-electron chi connectivity index (χ0n) is 9.49. The van der Waals surface area contributed by atoms with Gasteiger partial charge in [-0.1, -0.05) is 6.07 Å². The molecule has 0 unspecified atom stereocenters. The van der Waals surface area contributed by atoms with Crippen molar-refractivity contribution in [3.63, 3.8) is 0 Å². The fourth-order valence-corrected chi connectivity index (χ4v) is 1.27. The van der Waals surface area contributed by atoms with Crippen LogP contribution < -0.4 is 10.6 Å². The van der Waals surface area contributed by atoms with Crippen molar-refractivity contribution in [1.29, 1.82) is 5.26 Å². The third kappa shape index (κ3) is 2.48. The molecule has 0 aliphatic heterocycles. The van der Waals surface area contributed by atoms with E-state index in [1.165, 1.54) is 0 Å². The van der Waals surface area contributed by atoms with Gasteiger partial charge in [0.2, 0.25) is 0 Å². The number of nitriles is 1. The number of nitrogens with zero attached hydrogens (tertiary/aromatic N) is 2. The van der Waals surface area contributed by atoms with E-state index in [9.17, 15) is 0 Å². The van der Waals surface area contributed by atoms with Crippen LogP contribution in [0, 0.1) is 11.3 Å². The molecule has 0 aliphatic rings. The molecule has 0 aromatic heterocycles. The zero-order valence-corrected chi connectivity index (χ0v) is 9.49. The number of rotatable bonds is 3. The first kappa shape index (κ1) is 11.5. The minimum atomic E-state index is -0.103. The van der Waals surface area contributed by atoms with Gasteiger partial charge in [-0.25, -0.2) is 0 Å². The van der Waals surface area contributed by atoms with Gasteiger partial charge in [-0.15, -0.1) is 0 Å². The molecule has 0 aliphatic carbocycles. The summed E-state index contributed by atoms with van der Waals surface area (Å²) in [4.78, 5) is 2.09. The second-order valence-electron chi connectivity index (χ2n) is 4.24. The summed E-state index contributed by atoms with van der Waals surface area (Å²) in [6.45, 7) is 4.72. The summed E-state index contributed by atoms with van der Waals surface area (Å²) in [6, 6.07) is 9.67. The van der Waals surface area contributed by atoms with Crippen molar-refractivity contribution in [3.05, 3.63) is 29.8 Å². The van der Waals surface area contributed by atoms with Crippen LogP contribution in [0.3, 0.4) is 0 Å². The van der Waals surface area contributed by atoms with E-state index in [1.54, 1.807) is 6.07 Å². The molecule has 2 N–H and O–H groups in total. The number of anilines is 1. The quantitative estimate of drug-likeness (QED) is 0.814. The van der Waals surface area contributed by atoms with Gasteiger partial charge in [0.1, 0.15) is 0 Å². The minimum absolute atomic E-state index is 0.103. The lowest BCUT2D eigenvalue weighted by Gasteiger charge is -2.36. The lowest BCUT2D eigenvalue weighted by Crippen LogP contribution is -2.47. The van der Waals surface area contributed by atoms with Crippen molar-refractivity contribution in [3.8, 4) is 6.07 Å². The van der Waals surface area contributed by atoms with E-state index in [0.29, 0.717) is 12.1 Å². The van der Waals surface area contributed by atoms with Crippen molar-refractivity contribution >= 4 is 5.69 Å². The Bertz CT molecular complexity index is 377. The number of hydrogen-bond donors (Lipinski definition) is 1. The van der Waals surface area contributed by atoms with E-state index in [2.05, 4.69) is 24.8 Å². The van der Waals surface area contributed by atoms with Crippen molar-refractivity contribution in [2.45, 2.75) is 19.4 Å². The van der Waals surface area contributed by atoms with Crippen molar-refractivity contribution in [1.82, 2.24) is 0 Å². The molecule has 0 radical (unpaired) electrons. The fourth-order valence-electron chi connectivity index (χ4n) is 1.27. The Morgan fingerprint density at radius 2 is 2.13 bits per heavy atom. The van der Waals surface area contributed by atoms with Crippen LogP contribution in [0.2, 0.25) is 0 Å². The van der Waals surface area contributed by atoms with Crippen LogP contribution in [-0.4, -0.2) is 19.1 Å². The summed E-state index contributed by atoms with van der Waals surface area (Å²) in [7, 11) is 1.99. The molecular weight excluding hydrogens is 186 g/mol. The molecular formula is C12H17N3. The number of likely N-dealkylation sites (N-methyl/N-ethyl adjacent to an activating group) is 1. The van der Waals surface area contributed by atoms with E-state index in [-0.39, 0.29) is 5.54 Å². The highest BCUT2D eigenvalue weighted by Gasteiger charge is 2.21. The average Bonchev–Trinajstić information content (AvgIpc) is 2.28. The van der Waals surface area contributed by atoms with Crippen LogP contribution in [0.15, 0.2) is 24.3 Å². The maximum absolute atomic E-state index is 8.81. The fraction of sp³-hybridized carbons (Fsp3) is 0.417. The largest absolute Gasteiger partial charge is 0.368 e. The second kappa shape index (κ2) is 4.33. The van der Waals surface area contributed by atoms with Gasteiger partial charge in [-0.3, -0.25) is 0 Å². The van der Waals surface area contributed by atoms with Gasteiger partial charge in [0.05, 0.1) is 11.6 Å². The van der Waals surface area contributed by atoms with Gasteiger partial charge in [0, 0.05) is 24.8 Å². The Morgan fingerprint density at radius 1 is 1.47 bits per heavy atom. The maximum atomic E-state index is 8.81. The van der Waals surface area contributed by atoms with E-state index < -0.39 is 0 Å². The highest BCUT2D eigenvalue weighted by atomic mass is 15.2. The van der Waals surface area contributed by atoms with E-state index in [1.807, 2.05) is 25.2 Å². The van der Waals surface area contributed by atoms with Crippen molar-refractivity contribution in [2.75, 3.05) is 18.5 Å². The molecule has 0 spiro atoms. The molecule has 1 aromatic rings. The molecule has 0 saturated heterocycles. The highest BCUT2D eigenvalue weighted by molar-refractivity contribution is 5.52. The van der Waals surface area contributed by atoms with Gasteiger partial charge in [-0.2, -0.15) is 5.26 Å². The van der Waals surface area contributed by atoms with Crippen molar-refractivity contribution < 1.29 is 0 Å². The minimum Gasteiger partial charge on any atom is -0.368 e. The van der Waals surface area contributed by atoms with Gasteiger partial charge >= 0.3 is 0 Å². The number of nitrogens with two attached hydrogens (primary N) is 1. The Labute approximate surface area is 91.1 Å². The van der Waals surface area contributed by atoms with Crippen LogP contribution in [0.1, 0.15) is 19.4 Å². The van der Waals surface area contributed by atoms with Crippen molar-refractivity contribution in [2.24, 2.45) is 5.73 Å². The Hall–Kier alpha value is -1.53. The molecule has 15 heavy (non-hydrogen) atoms. The smallest absolute Gasteiger partial charge is 0.0992 e. The lowest BCUT2D eigenvalue weighted by atomic mass is 10.0. The van der Waals surface area contributed by atoms with Gasteiger partial charge in [0.25, 0.3) is 0 Å². The molecule has 0 amide bonds. The van der Waals surface area contributed by atoms with E-state index >= 15 is 0 Å². The van der Waals surface area contributed by atoms with E-state index in [4.69, 9.17) is 11.0 Å². The Morgan fingerprint density at radius 3 is 2.67 bits per heavy atom. The summed E-state index contributed by atoms with van der Waals surface area (Å²) >= 11 is 0. The molecule has 3 heteroatoms. The summed E-state index contributed by atoms with van der Waals surface area (Å²) < 4.78 is 0. The number of hydrogen-bond acceptors (Lipinski definition) is 3. The third-order valence-electron chi connectivity index (χ3n) is 2.77. The maximum Gasteiger partial charge on any atom is 0.0992 e. The van der Waals surface area contributed by atoms with Gasteiger partial charge in [0.15, 0.2) is 0 Å². The standard InChI is InChI=1S/C12H17N3/c1-12(2,9-14)15(3)11-6-4-5-10(7-11)8-13/h4-7H,9,14H2,1-3H3. The molecule has 0 saturated carbocycles. The average molecular weight is 203 g/mol. The molecule has 1 rings (SSSR count). The van der Waals surface area contributed by atoms with Crippen LogP contribution in [-0.2, 0) is 0 Å². The summed E-state index contributed by atoms with van der Waals surface area (Å²) in [5.41, 5.74) is 7.30. The van der Waals surface area contributed by atoms with Gasteiger partial charge in [-0.05, 0) is 32.0 Å². The molecule has 0 fully saturated rings. The van der Waals surface area contributed by atoms with Crippen LogP contribution in [0.4, 0.5) is 5.69 Å². The molecule has 80 valence electrons. The second-order valence-corrected chi connectivity index (χ2v) is 4.24. The highest BCUT2D eigenvalue weighted by Crippen LogP contribution is 2.22. The first-order valence-electron chi connectivity index (χ1n) is 4.95. The van der Waals surface area contributed by atoms with Crippen LogP contribution in [0.25, 0.3) is 0 Å². The predicted octanol–water partition coefficient (Wildman–Crippen LogP) is 1.73. The third-order valence-corrected chi connectivity index (χ3v) is 2.77. The topological polar surface area (TPSA) is 53.0 Å². The normalized spacial score (nSPS) is 10.9. The predicted molar refractivity (Wildman–Crippen MR) is 62.7 cm³/mol. The molecule has 0 bridgehead atoms. The van der Waals surface area contributed by atoms with E-state index in [0.717, 1.165) is 5.69 Å². The Kier molecular flexibility index (Phi) is 3.33. The first-order valence-corrected chi connectivity index (χ1v) is 4.95. The monoisotopic (exact) mass is 203 g/mol. The Balaban J connectivity index is 3.02. The van der Waals surface area contributed by atoms with Crippen LogP contribution in [0.5, 0.6) is 0 Å². The molecule has 0 heterocycles. The number of benzene rings is 1.